The Hall–Kier alpha value is -1.64. The van der Waals surface area contributed by atoms with Gasteiger partial charge in [-0.1, -0.05) is 26.0 Å². The zero-order valence-corrected chi connectivity index (χ0v) is 8.99. The first-order valence-corrected chi connectivity index (χ1v) is 4.83. The molecule has 0 fully saturated rings. The van der Waals surface area contributed by atoms with Crippen LogP contribution in [0.4, 0.5) is 5.69 Å². The number of hydrogen-bond acceptors (Lipinski definition) is 2. The van der Waals surface area contributed by atoms with Gasteiger partial charge >= 0.3 is 0 Å². The fourth-order valence-electron chi connectivity index (χ4n) is 1.46. The van der Waals surface area contributed by atoms with Gasteiger partial charge in [0.1, 0.15) is 0 Å². The molecule has 0 N–H and O–H groups in total. The Balaban J connectivity index is 3.24. The van der Waals surface area contributed by atoms with Gasteiger partial charge in [0.05, 0.1) is 4.92 Å². The van der Waals surface area contributed by atoms with Crippen molar-refractivity contribution in [2.45, 2.75) is 20.3 Å². The van der Waals surface area contributed by atoms with Gasteiger partial charge in [-0.15, -0.1) is 6.58 Å². The number of hydrogen-bond donors (Lipinski definition) is 0. The molecule has 0 aliphatic carbocycles. The minimum Gasteiger partial charge on any atom is -0.258 e. The van der Waals surface area contributed by atoms with E-state index in [0.717, 1.165) is 23.5 Å². The molecule has 0 saturated carbocycles. The monoisotopic (exact) mass is 204 g/mol. The van der Waals surface area contributed by atoms with E-state index < -0.39 is 0 Å². The van der Waals surface area contributed by atoms with Crippen molar-refractivity contribution >= 4 is 5.69 Å². The lowest BCUT2D eigenvalue weighted by molar-refractivity contribution is -0.384. The summed E-state index contributed by atoms with van der Waals surface area (Å²) in [6.45, 7) is 7.62. The Kier molecular flexibility index (Phi) is 3.61. The summed E-state index contributed by atoms with van der Waals surface area (Å²) in [6, 6.07) is 4.95. The predicted octanol–water partition coefficient (Wildman–Crippen LogP) is 3.29. The Bertz CT molecular complexity index is 385. The van der Waals surface area contributed by atoms with Gasteiger partial charge in [0.15, 0.2) is 0 Å². The molecule has 0 heterocycles. The predicted molar refractivity (Wildman–Crippen MR) is 60.7 cm³/mol. The van der Waals surface area contributed by atoms with E-state index in [0.29, 0.717) is 0 Å². The summed E-state index contributed by atoms with van der Waals surface area (Å²) >= 11 is 0. The summed E-state index contributed by atoms with van der Waals surface area (Å²) in [5, 5.41) is 10.6. The SMILES string of the molecule is C=C[C](C)c1cc([N+](=O)[O-])ccc1CC. The summed E-state index contributed by atoms with van der Waals surface area (Å²) in [5.41, 5.74) is 2.16. The van der Waals surface area contributed by atoms with Gasteiger partial charge in [-0.25, -0.2) is 0 Å². The molecule has 0 spiro atoms. The third-order valence-corrected chi connectivity index (χ3v) is 2.42. The molecule has 0 aromatic heterocycles. The lowest BCUT2D eigenvalue weighted by atomic mass is 9.94. The molecule has 0 amide bonds. The van der Waals surface area contributed by atoms with Crippen LogP contribution < -0.4 is 0 Å². The first kappa shape index (κ1) is 11.4. The molecular weight excluding hydrogens is 190 g/mol. The topological polar surface area (TPSA) is 43.1 Å². The van der Waals surface area contributed by atoms with E-state index in [1.165, 1.54) is 0 Å². The first-order valence-electron chi connectivity index (χ1n) is 4.83. The van der Waals surface area contributed by atoms with Crippen molar-refractivity contribution in [3.8, 4) is 0 Å². The van der Waals surface area contributed by atoms with Gasteiger partial charge in [-0.2, -0.15) is 0 Å². The lowest BCUT2D eigenvalue weighted by Gasteiger charge is -2.10. The molecule has 0 bridgehead atoms. The molecule has 0 atom stereocenters. The second kappa shape index (κ2) is 4.73. The molecule has 0 unspecified atom stereocenters. The van der Waals surface area contributed by atoms with Crippen LogP contribution in [0.15, 0.2) is 30.9 Å². The van der Waals surface area contributed by atoms with Crippen molar-refractivity contribution in [2.75, 3.05) is 0 Å². The first-order chi connectivity index (χ1) is 7.10. The molecular formula is C12H14NO2. The third-order valence-electron chi connectivity index (χ3n) is 2.42. The van der Waals surface area contributed by atoms with Crippen LogP contribution in [0, 0.1) is 16.0 Å². The van der Waals surface area contributed by atoms with Gasteiger partial charge in [-0.3, -0.25) is 10.1 Å². The Labute approximate surface area is 89.6 Å². The highest BCUT2D eigenvalue weighted by molar-refractivity contribution is 5.48. The van der Waals surface area contributed by atoms with Gasteiger partial charge in [0, 0.05) is 18.1 Å². The lowest BCUT2D eigenvalue weighted by Crippen LogP contribution is -1.99. The number of nitro groups is 1. The van der Waals surface area contributed by atoms with Crippen LogP contribution in [0.25, 0.3) is 0 Å². The zero-order chi connectivity index (χ0) is 11.4. The fraction of sp³-hybridized carbons (Fsp3) is 0.250. The average molecular weight is 204 g/mol. The van der Waals surface area contributed by atoms with E-state index in [1.807, 2.05) is 13.8 Å². The van der Waals surface area contributed by atoms with E-state index in [4.69, 9.17) is 0 Å². The van der Waals surface area contributed by atoms with Gasteiger partial charge in [-0.05, 0) is 17.5 Å². The quantitative estimate of drug-likeness (QED) is 0.558. The molecule has 0 aliphatic rings. The highest BCUT2D eigenvalue weighted by atomic mass is 16.6. The van der Waals surface area contributed by atoms with Crippen molar-refractivity contribution in [3.63, 3.8) is 0 Å². The van der Waals surface area contributed by atoms with Gasteiger partial charge < -0.3 is 0 Å². The molecule has 1 radical (unpaired) electrons. The van der Waals surface area contributed by atoms with Crippen LogP contribution in [0.3, 0.4) is 0 Å². The smallest absolute Gasteiger partial charge is 0.258 e. The number of allylic oxidation sites excluding steroid dienone is 1. The van der Waals surface area contributed by atoms with Gasteiger partial charge in [0.25, 0.3) is 5.69 Å². The average Bonchev–Trinajstić information content (AvgIpc) is 2.27. The maximum Gasteiger partial charge on any atom is 0.269 e. The number of benzene rings is 1. The third kappa shape index (κ3) is 2.43. The van der Waals surface area contributed by atoms with E-state index in [9.17, 15) is 10.1 Å². The zero-order valence-electron chi connectivity index (χ0n) is 8.99. The maximum atomic E-state index is 10.6. The minimum absolute atomic E-state index is 0.128. The van der Waals surface area contributed by atoms with Crippen LogP contribution in [-0.4, -0.2) is 4.92 Å². The van der Waals surface area contributed by atoms with Crippen LogP contribution in [0.2, 0.25) is 0 Å². The van der Waals surface area contributed by atoms with Crippen molar-refractivity contribution in [1.29, 1.82) is 0 Å². The molecule has 0 aliphatic heterocycles. The van der Waals surface area contributed by atoms with Crippen molar-refractivity contribution in [3.05, 3.63) is 58.0 Å². The fourth-order valence-corrected chi connectivity index (χ4v) is 1.46. The van der Waals surface area contributed by atoms with Crippen LogP contribution in [0.5, 0.6) is 0 Å². The largest absolute Gasteiger partial charge is 0.269 e. The molecule has 1 aromatic rings. The minimum atomic E-state index is -0.376. The van der Waals surface area contributed by atoms with Crippen molar-refractivity contribution < 1.29 is 4.92 Å². The van der Waals surface area contributed by atoms with E-state index in [2.05, 4.69) is 6.58 Å². The molecule has 3 nitrogen and oxygen atoms in total. The summed E-state index contributed by atoms with van der Waals surface area (Å²) < 4.78 is 0. The molecule has 15 heavy (non-hydrogen) atoms. The maximum absolute atomic E-state index is 10.6. The number of rotatable bonds is 4. The molecule has 0 saturated heterocycles. The molecule has 1 aromatic carbocycles. The molecule has 79 valence electrons. The Morgan fingerprint density at radius 1 is 1.60 bits per heavy atom. The summed E-state index contributed by atoms with van der Waals surface area (Å²) in [5.74, 6) is 0.968. The normalized spacial score (nSPS) is 10.3. The Morgan fingerprint density at radius 2 is 2.27 bits per heavy atom. The number of nitro benzene ring substituents is 1. The summed E-state index contributed by atoms with van der Waals surface area (Å²) in [6.07, 6.45) is 2.58. The van der Waals surface area contributed by atoms with Crippen molar-refractivity contribution in [1.82, 2.24) is 0 Å². The molecule has 3 heteroatoms. The van der Waals surface area contributed by atoms with Crippen LogP contribution >= 0.6 is 0 Å². The van der Waals surface area contributed by atoms with E-state index >= 15 is 0 Å². The van der Waals surface area contributed by atoms with Crippen LogP contribution in [0.1, 0.15) is 25.0 Å². The second-order valence-corrected chi connectivity index (χ2v) is 3.34. The van der Waals surface area contributed by atoms with E-state index in [1.54, 1.807) is 24.3 Å². The number of aryl methyl sites for hydroxylation is 1. The summed E-state index contributed by atoms with van der Waals surface area (Å²) in [4.78, 5) is 10.3. The number of non-ortho nitro benzene ring substituents is 1. The molecule has 1 rings (SSSR count). The summed E-state index contributed by atoms with van der Waals surface area (Å²) in [7, 11) is 0. The van der Waals surface area contributed by atoms with Gasteiger partial charge in [0.2, 0.25) is 0 Å². The van der Waals surface area contributed by atoms with Crippen LogP contribution in [-0.2, 0) is 6.42 Å². The van der Waals surface area contributed by atoms with E-state index in [-0.39, 0.29) is 10.6 Å². The Morgan fingerprint density at radius 3 is 2.73 bits per heavy atom. The van der Waals surface area contributed by atoms with Crippen molar-refractivity contribution in [2.24, 2.45) is 0 Å². The second-order valence-electron chi connectivity index (χ2n) is 3.34. The standard InChI is InChI=1S/C12H14NO2/c1-4-9(3)12-8-11(13(14)15)7-6-10(12)5-2/h4,6-8H,1,5H2,2-3H3. The highest BCUT2D eigenvalue weighted by Gasteiger charge is 2.13. The number of nitrogens with zero attached hydrogens (tertiary/aromatic N) is 1. The highest BCUT2D eigenvalue weighted by Crippen LogP contribution is 2.25.